The molecule has 29 heavy (non-hydrogen) atoms. The highest BCUT2D eigenvalue weighted by Gasteiger charge is 2.25. The number of hydrogen-bond donors (Lipinski definition) is 1. The summed E-state index contributed by atoms with van der Waals surface area (Å²) in [4.78, 5) is 17.1. The van der Waals surface area contributed by atoms with Crippen LogP contribution in [0.4, 0.5) is 5.69 Å². The number of ether oxygens (including phenoxy) is 2. The summed E-state index contributed by atoms with van der Waals surface area (Å²) in [5.41, 5.74) is 0.726. The molecule has 3 rings (SSSR count). The first-order valence-corrected chi connectivity index (χ1v) is 10.2. The van der Waals surface area contributed by atoms with Crippen molar-refractivity contribution >= 4 is 23.2 Å². The zero-order valence-electron chi connectivity index (χ0n) is 16.9. The average Bonchev–Trinajstić information content (AvgIpc) is 2.74. The van der Waals surface area contributed by atoms with Crippen molar-refractivity contribution in [2.75, 3.05) is 51.8 Å². The summed E-state index contributed by atoms with van der Waals surface area (Å²) in [5.74, 6) is 1.65. The highest BCUT2D eigenvalue weighted by atomic mass is 35.5. The highest BCUT2D eigenvalue weighted by molar-refractivity contribution is 6.30. The molecule has 1 aliphatic rings. The van der Waals surface area contributed by atoms with Crippen molar-refractivity contribution in [3.05, 3.63) is 53.6 Å². The van der Waals surface area contributed by atoms with Crippen molar-refractivity contribution in [3.63, 3.8) is 0 Å². The first-order valence-electron chi connectivity index (χ1n) is 9.85. The molecular weight excluding hydrogens is 390 g/mol. The summed E-state index contributed by atoms with van der Waals surface area (Å²) >= 11 is 5.98. The third kappa shape index (κ3) is 6.35. The second kappa shape index (κ2) is 10.5. The van der Waals surface area contributed by atoms with E-state index in [9.17, 15) is 4.79 Å². The molecule has 1 fully saturated rings. The van der Waals surface area contributed by atoms with Crippen LogP contribution in [0, 0.1) is 0 Å². The maximum Gasteiger partial charge on any atom is 0.241 e. The highest BCUT2D eigenvalue weighted by Crippen LogP contribution is 2.18. The lowest BCUT2D eigenvalue weighted by Gasteiger charge is -2.37. The molecule has 7 heteroatoms. The molecule has 1 atom stereocenters. The molecular formula is C22H28ClN3O3. The van der Waals surface area contributed by atoms with E-state index in [1.807, 2.05) is 43.3 Å². The van der Waals surface area contributed by atoms with Crippen LogP contribution in [0.25, 0.3) is 0 Å². The fourth-order valence-corrected chi connectivity index (χ4v) is 3.51. The molecule has 1 N–H and O–H groups in total. The summed E-state index contributed by atoms with van der Waals surface area (Å²) in [7, 11) is 1.65. The first kappa shape index (κ1) is 21.4. The van der Waals surface area contributed by atoms with E-state index in [1.165, 1.54) is 0 Å². The van der Waals surface area contributed by atoms with Crippen molar-refractivity contribution in [2.45, 2.75) is 13.0 Å². The van der Waals surface area contributed by atoms with Crippen LogP contribution in [0.15, 0.2) is 48.5 Å². The summed E-state index contributed by atoms with van der Waals surface area (Å²) < 4.78 is 11.0. The van der Waals surface area contributed by atoms with Gasteiger partial charge >= 0.3 is 0 Å². The number of piperazine rings is 1. The monoisotopic (exact) mass is 417 g/mol. The number of carbonyl (C=O) groups excluding carboxylic acids is 1. The van der Waals surface area contributed by atoms with Gasteiger partial charge in [-0.3, -0.25) is 14.6 Å². The molecule has 1 heterocycles. The van der Waals surface area contributed by atoms with Crippen LogP contribution >= 0.6 is 11.6 Å². The van der Waals surface area contributed by atoms with Gasteiger partial charge in [0.25, 0.3) is 0 Å². The lowest BCUT2D eigenvalue weighted by atomic mass is 10.2. The van der Waals surface area contributed by atoms with Crippen LogP contribution in [-0.4, -0.2) is 68.2 Å². The fraction of sp³-hybridized carbons (Fsp3) is 0.409. The number of nitrogens with zero attached hydrogens (tertiary/aromatic N) is 2. The Kier molecular flexibility index (Phi) is 7.75. The van der Waals surface area contributed by atoms with E-state index >= 15 is 0 Å². The number of nitrogens with one attached hydrogen (secondary N) is 1. The number of benzene rings is 2. The van der Waals surface area contributed by atoms with Gasteiger partial charge in [0, 0.05) is 43.4 Å². The molecule has 156 valence electrons. The van der Waals surface area contributed by atoms with Crippen LogP contribution in [0.1, 0.15) is 6.92 Å². The van der Waals surface area contributed by atoms with Gasteiger partial charge in [-0.1, -0.05) is 17.7 Å². The average molecular weight is 418 g/mol. The van der Waals surface area contributed by atoms with Gasteiger partial charge in [0.1, 0.15) is 18.1 Å². The van der Waals surface area contributed by atoms with E-state index in [0.29, 0.717) is 11.6 Å². The minimum Gasteiger partial charge on any atom is -0.497 e. The maximum atomic E-state index is 12.5. The molecule has 0 aromatic heterocycles. The second-order valence-corrected chi connectivity index (χ2v) is 7.51. The normalized spacial score (nSPS) is 16.2. The lowest BCUT2D eigenvalue weighted by Crippen LogP contribution is -2.53. The van der Waals surface area contributed by atoms with Gasteiger partial charge in [-0.15, -0.1) is 0 Å². The topological polar surface area (TPSA) is 54.0 Å². The quantitative estimate of drug-likeness (QED) is 0.713. The number of methoxy groups -OCH3 is 1. The largest absolute Gasteiger partial charge is 0.497 e. The molecule has 0 unspecified atom stereocenters. The Bertz CT molecular complexity index is 792. The molecule has 2 aromatic rings. The van der Waals surface area contributed by atoms with Gasteiger partial charge in [0.05, 0.1) is 13.2 Å². The van der Waals surface area contributed by atoms with E-state index in [0.717, 1.165) is 49.9 Å². The maximum absolute atomic E-state index is 12.5. The van der Waals surface area contributed by atoms with Crippen molar-refractivity contribution in [1.29, 1.82) is 0 Å². The first-order chi connectivity index (χ1) is 14.0. The molecule has 0 radical (unpaired) electrons. The van der Waals surface area contributed by atoms with Gasteiger partial charge in [-0.05, 0) is 49.4 Å². The van der Waals surface area contributed by atoms with Crippen LogP contribution in [-0.2, 0) is 4.79 Å². The standard InChI is InChI=1S/C22H28ClN3O3/c1-17(22(27)24-19-5-3-4-18(23)16-19)26-12-10-25(11-13-26)14-15-29-21-8-6-20(28-2)7-9-21/h3-9,16-17H,10-15H2,1-2H3,(H,24,27)/t17-/m1/s1. The van der Waals surface area contributed by atoms with Crippen molar-refractivity contribution in [2.24, 2.45) is 0 Å². The van der Waals surface area contributed by atoms with Gasteiger partial charge in [0.15, 0.2) is 0 Å². The van der Waals surface area contributed by atoms with E-state index in [4.69, 9.17) is 21.1 Å². The summed E-state index contributed by atoms with van der Waals surface area (Å²) in [6.07, 6.45) is 0. The van der Waals surface area contributed by atoms with Crippen LogP contribution in [0.2, 0.25) is 5.02 Å². The van der Waals surface area contributed by atoms with Gasteiger partial charge in [-0.2, -0.15) is 0 Å². The smallest absolute Gasteiger partial charge is 0.241 e. The third-order valence-electron chi connectivity index (χ3n) is 5.16. The number of amides is 1. The van der Waals surface area contributed by atoms with Crippen molar-refractivity contribution in [3.8, 4) is 11.5 Å². The molecule has 6 nitrogen and oxygen atoms in total. The number of hydrogen-bond acceptors (Lipinski definition) is 5. The second-order valence-electron chi connectivity index (χ2n) is 7.08. The molecule has 0 spiro atoms. The van der Waals surface area contributed by atoms with Gasteiger partial charge < -0.3 is 14.8 Å². The molecule has 1 saturated heterocycles. The molecule has 2 aromatic carbocycles. The third-order valence-corrected chi connectivity index (χ3v) is 5.40. The zero-order chi connectivity index (χ0) is 20.6. The molecule has 1 amide bonds. The number of anilines is 1. The van der Waals surface area contributed by atoms with Crippen molar-refractivity contribution in [1.82, 2.24) is 9.80 Å². The van der Waals surface area contributed by atoms with Gasteiger partial charge in [-0.25, -0.2) is 0 Å². The summed E-state index contributed by atoms with van der Waals surface area (Å²) in [6, 6.07) is 14.6. The number of rotatable bonds is 8. The Balaban J connectivity index is 1.38. The number of carbonyl (C=O) groups is 1. The van der Waals surface area contributed by atoms with Gasteiger partial charge in [0.2, 0.25) is 5.91 Å². The van der Waals surface area contributed by atoms with Crippen LogP contribution < -0.4 is 14.8 Å². The predicted octanol–water partition coefficient (Wildman–Crippen LogP) is 3.37. The molecule has 1 aliphatic heterocycles. The Morgan fingerprint density at radius 2 is 1.79 bits per heavy atom. The molecule has 0 aliphatic carbocycles. The van der Waals surface area contributed by atoms with Crippen molar-refractivity contribution < 1.29 is 14.3 Å². The Morgan fingerprint density at radius 1 is 1.10 bits per heavy atom. The predicted molar refractivity (Wildman–Crippen MR) is 116 cm³/mol. The van der Waals surface area contributed by atoms with E-state index < -0.39 is 0 Å². The Hall–Kier alpha value is -2.28. The van der Waals surface area contributed by atoms with E-state index in [2.05, 4.69) is 15.1 Å². The minimum atomic E-state index is -0.188. The fourth-order valence-electron chi connectivity index (χ4n) is 3.32. The zero-order valence-corrected chi connectivity index (χ0v) is 17.7. The SMILES string of the molecule is COc1ccc(OCCN2CCN([C@H](C)C(=O)Nc3cccc(Cl)c3)CC2)cc1. The molecule has 0 saturated carbocycles. The molecule has 0 bridgehead atoms. The van der Waals surface area contributed by atoms with Crippen LogP contribution in [0.3, 0.4) is 0 Å². The minimum absolute atomic E-state index is 0.0106. The Morgan fingerprint density at radius 3 is 2.45 bits per heavy atom. The Labute approximate surface area is 177 Å². The van der Waals surface area contributed by atoms with E-state index in [1.54, 1.807) is 19.2 Å². The summed E-state index contributed by atoms with van der Waals surface area (Å²) in [6.45, 7) is 6.99. The number of halogens is 1. The van der Waals surface area contributed by atoms with E-state index in [-0.39, 0.29) is 11.9 Å². The van der Waals surface area contributed by atoms with Crippen LogP contribution in [0.5, 0.6) is 11.5 Å². The lowest BCUT2D eigenvalue weighted by molar-refractivity contribution is -0.121. The summed E-state index contributed by atoms with van der Waals surface area (Å²) in [5, 5.41) is 3.56.